The maximum Gasteiger partial charge on any atom is 0.0512 e. The highest BCUT2D eigenvalue weighted by atomic mass is 16.5. The summed E-state index contributed by atoms with van der Waals surface area (Å²) in [7, 11) is 1.59. The van der Waals surface area contributed by atoms with E-state index in [1.54, 1.807) is 7.11 Å². The molecule has 0 aromatic heterocycles. The minimum Gasteiger partial charge on any atom is -0.396 e. The molecule has 1 unspecified atom stereocenters. The number of methoxy groups -OCH3 is 1. The Labute approximate surface area is 44.1 Å². The fourth-order valence-electron chi connectivity index (χ4n) is 0.288. The van der Waals surface area contributed by atoms with Crippen molar-refractivity contribution in [1.82, 2.24) is 0 Å². The Balaban J connectivity index is 2.83. The van der Waals surface area contributed by atoms with Crippen LogP contribution in [0, 0.1) is 12.8 Å². The van der Waals surface area contributed by atoms with Crippen LogP contribution in [0.25, 0.3) is 0 Å². The van der Waals surface area contributed by atoms with Gasteiger partial charge in [0.1, 0.15) is 0 Å². The van der Waals surface area contributed by atoms with Crippen molar-refractivity contribution in [3.05, 3.63) is 6.92 Å². The van der Waals surface area contributed by atoms with Crippen molar-refractivity contribution in [2.45, 2.75) is 0 Å². The van der Waals surface area contributed by atoms with Crippen LogP contribution in [0.3, 0.4) is 0 Å². The molecule has 2 heteroatoms. The highest BCUT2D eigenvalue weighted by molar-refractivity contribution is 4.55. The second-order valence-electron chi connectivity index (χ2n) is 1.50. The van der Waals surface area contributed by atoms with E-state index in [-0.39, 0.29) is 12.5 Å². The van der Waals surface area contributed by atoms with Crippen molar-refractivity contribution in [3.8, 4) is 0 Å². The summed E-state index contributed by atoms with van der Waals surface area (Å²) >= 11 is 0. The molecule has 1 atom stereocenters. The molecule has 0 aliphatic carbocycles. The average molecular weight is 103 g/mol. The Morgan fingerprint density at radius 2 is 2.43 bits per heavy atom. The van der Waals surface area contributed by atoms with Crippen LogP contribution in [-0.4, -0.2) is 25.4 Å². The third kappa shape index (κ3) is 3.76. The smallest absolute Gasteiger partial charge is 0.0512 e. The Morgan fingerprint density at radius 3 is 2.57 bits per heavy atom. The summed E-state index contributed by atoms with van der Waals surface area (Å²) in [6.07, 6.45) is 0. The largest absolute Gasteiger partial charge is 0.396 e. The summed E-state index contributed by atoms with van der Waals surface area (Å²) in [6.45, 7) is 4.21. The topological polar surface area (TPSA) is 29.5 Å². The van der Waals surface area contributed by atoms with Crippen LogP contribution in [0.4, 0.5) is 0 Å². The lowest BCUT2D eigenvalue weighted by Crippen LogP contribution is -2.07. The van der Waals surface area contributed by atoms with Crippen molar-refractivity contribution in [2.75, 3.05) is 20.3 Å². The van der Waals surface area contributed by atoms with Crippen molar-refractivity contribution in [2.24, 2.45) is 5.92 Å². The van der Waals surface area contributed by atoms with E-state index in [2.05, 4.69) is 11.7 Å². The van der Waals surface area contributed by atoms with Gasteiger partial charge < -0.3 is 9.84 Å². The molecular formula is C5H11O2. The normalized spacial score (nSPS) is 14.1. The summed E-state index contributed by atoms with van der Waals surface area (Å²) in [5.74, 6) is 0.0324. The molecule has 1 N–H and O–H groups in total. The minimum absolute atomic E-state index is 0.0324. The lowest BCUT2D eigenvalue weighted by atomic mass is 10.2. The SMILES string of the molecule is [CH2]C(CO)COC. The number of aliphatic hydroxyl groups is 1. The zero-order chi connectivity index (χ0) is 5.70. The third-order valence-electron chi connectivity index (χ3n) is 0.661. The fourth-order valence-corrected chi connectivity index (χ4v) is 0.288. The van der Waals surface area contributed by atoms with Crippen LogP contribution in [0.1, 0.15) is 0 Å². The summed E-state index contributed by atoms with van der Waals surface area (Å²) in [6, 6.07) is 0. The Bertz CT molecular complexity index is 37.1. The van der Waals surface area contributed by atoms with E-state index < -0.39 is 0 Å². The number of hydrogen-bond acceptors (Lipinski definition) is 2. The van der Waals surface area contributed by atoms with Gasteiger partial charge in [0.05, 0.1) is 6.61 Å². The van der Waals surface area contributed by atoms with Gasteiger partial charge in [0.25, 0.3) is 0 Å². The quantitative estimate of drug-likeness (QED) is 0.548. The van der Waals surface area contributed by atoms with Gasteiger partial charge in [-0.1, -0.05) is 0 Å². The molecule has 0 spiro atoms. The molecule has 2 nitrogen and oxygen atoms in total. The van der Waals surface area contributed by atoms with Crippen LogP contribution in [0.15, 0.2) is 0 Å². The maximum absolute atomic E-state index is 8.32. The highest BCUT2D eigenvalue weighted by Gasteiger charge is 1.94. The first-order chi connectivity index (χ1) is 3.31. The van der Waals surface area contributed by atoms with Crippen molar-refractivity contribution in [1.29, 1.82) is 0 Å². The molecule has 0 bridgehead atoms. The third-order valence-corrected chi connectivity index (χ3v) is 0.661. The molecule has 0 amide bonds. The molecule has 0 aliphatic rings. The lowest BCUT2D eigenvalue weighted by molar-refractivity contribution is 0.131. The lowest BCUT2D eigenvalue weighted by Gasteiger charge is -2.02. The molecule has 43 valence electrons. The number of aliphatic hydroxyl groups excluding tert-OH is 1. The van der Waals surface area contributed by atoms with E-state index in [0.717, 1.165) is 0 Å². The highest BCUT2D eigenvalue weighted by Crippen LogP contribution is 1.88. The molecule has 7 heavy (non-hydrogen) atoms. The fraction of sp³-hybridized carbons (Fsp3) is 0.800. The first kappa shape index (κ1) is 6.92. The van der Waals surface area contributed by atoms with Crippen LogP contribution in [0.5, 0.6) is 0 Å². The maximum atomic E-state index is 8.32. The number of ether oxygens (including phenoxy) is 1. The summed E-state index contributed by atoms with van der Waals surface area (Å²) in [5, 5.41) is 8.32. The molecule has 0 aromatic carbocycles. The Hall–Kier alpha value is -0.0800. The van der Waals surface area contributed by atoms with E-state index in [0.29, 0.717) is 6.61 Å². The molecule has 0 rings (SSSR count). The van der Waals surface area contributed by atoms with Gasteiger partial charge in [-0.15, -0.1) is 0 Å². The van der Waals surface area contributed by atoms with Gasteiger partial charge in [0.2, 0.25) is 0 Å². The van der Waals surface area contributed by atoms with E-state index in [1.807, 2.05) is 0 Å². The van der Waals surface area contributed by atoms with Crippen molar-refractivity contribution >= 4 is 0 Å². The van der Waals surface area contributed by atoms with Crippen molar-refractivity contribution < 1.29 is 9.84 Å². The molecular weight excluding hydrogens is 92.1 g/mol. The molecule has 1 radical (unpaired) electrons. The van der Waals surface area contributed by atoms with Crippen LogP contribution in [0.2, 0.25) is 0 Å². The Kier molecular flexibility index (Phi) is 4.04. The van der Waals surface area contributed by atoms with Gasteiger partial charge >= 0.3 is 0 Å². The van der Waals surface area contributed by atoms with Gasteiger partial charge in [0, 0.05) is 19.6 Å². The zero-order valence-electron chi connectivity index (χ0n) is 4.55. The monoisotopic (exact) mass is 103 g/mol. The van der Waals surface area contributed by atoms with E-state index in [1.165, 1.54) is 0 Å². The zero-order valence-corrected chi connectivity index (χ0v) is 4.55. The first-order valence-electron chi connectivity index (χ1n) is 2.24. The number of hydrogen-bond donors (Lipinski definition) is 1. The molecule has 0 heterocycles. The molecule has 0 fully saturated rings. The molecule has 0 saturated heterocycles. The predicted molar refractivity (Wildman–Crippen MR) is 27.8 cm³/mol. The van der Waals surface area contributed by atoms with Crippen molar-refractivity contribution in [3.63, 3.8) is 0 Å². The van der Waals surface area contributed by atoms with Gasteiger partial charge in [-0.3, -0.25) is 0 Å². The van der Waals surface area contributed by atoms with E-state index >= 15 is 0 Å². The second-order valence-corrected chi connectivity index (χ2v) is 1.50. The van der Waals surface area contributed by atoms with Crippen LogP contribution < -0.4 is 0 Å². The summed E-state index contributed by atoms with van der Waals surface area (Å²) in [5.41, 5.74) is 0. The summed E-state index contributed by atoms with van der Waals surface area (Å²) < 4.78 is 4.67. The molecule has 0 aliphatic heterocycles. The summed E-state index contributed by atoms with van der Waals surface area (Å²) in [4.78, 5) is 0. The van der Waals surface area contributed by atoms with Gasteiger partial charge in [-0.25, -0.2) is 0 Å². The van der Waals surface area contributed by atoms with E-state index in [9.17, 15) is 0 Å². The van der Waals surface area contributed by atoms with Gasteiger partial charge in [-0.2, -0.15) is 0 Å². The second kappa shape index (κ2) is 4.09. The van der Waals surface area contributed by atoms with Gasteiger partial charge in [-0.05, 0) is 6.92 Å². The van der Waals surface area contributed by atoms with E-state index in [4.69, 9.17) is 5.11 Å². The minimum atomic E-state index is 0.0324. The average Bonchev–Trinajstić information content (AvgIpc) is 1.68. The predicted octanol–water partition coefficient (Wildman–Crippen LogP) is 0.0754. The Morgan fingerprint density at radius 1 is 1.86 bits per heavy atom. The first-order valence-corrected chi connectivity index (χ1v) is 2.24. The van der Waals surface area contributed by atoms with Crippen LogP contribution in [-0.2, 0) is 4.74 Å². The van der Waals surface area contributed by atoms with Gasteiger partial charge in [0.15, 0.2) is 0 Å². The van der Waals surface area contributed by atoms with Crippen LogP contribution >= 0.6 is 0 Å². The molecule has 0 aromatic rings. The molecule has 0 saturated carbocycles. The standard InChI is InChI=1S/C5H11O2/c1-5(3-6)4-7-2/h5-6H,1,3-4H2,2H3. The number of rotatable bonds is 3.